The topological polar surface area (TPSA) is 27.8 Å². The number of benzene rings is 9. The van der Waals surface area contributed by atoms with E-state index < -0.39 is 0 Å². The maximum atomic E-state index is 7.01. The molecule has 4 nitrogen and oxygen atoms in total. The minimum atomic E-state index is -0.332. The van der Waals surface area contributed by atoms with Gasteiger partial charge in [-0.2, -0.15) is 0 Å². The molecule has 12 aromatic rings. The van der Waals surface area contributed by atoms with Crippen LogP contribution < -0.4 is 20.3 Å². The Labute approximate surface area is 339 Å². The number of rotatable bonds is 3. The molecule has 59 heavy (non-hydrogen) atoms. The molecule has 2 aliphatic rings. The van der Waals surface area contributed by atoms with Crippen molar-refractivity contribution in [2.45, 2.75) is 0 Å². The van der Waals surface area contributed by atoms with Gasteiger partial charge in [0.15, 0.2) is 0 Å². The molecule has 0 unspecified atom stereocenters. The second kappa shape index (κ2) is 11.4. The molecule has 0 saturated heterocycles. The largest absolute Gasteiger partial charge is 0.551 e. The smallest absolute Gasteiger partial charge is 0.434 e. The van der Waals surface area contributed by atoms with Gasteiger partial charge in [0, 0.05) is 54.4 Å². The maximum Gasteiger partial charge on any atom is 0.434 e. The van der Waals surface area contributed by atoms with Gasteiger partial charge in [0.2, 0.25) is 0 Å². The molecule has 5 heterocycles. The highest BCUT2D eigenvalue weighted by Gasteiger charge is 2.41. The number of ether oxygens (including phenoxy) is 1. The van der Waals surface area contributed by atoms with Crippen molar-refractivity contribution in [1.82, 2.24) is 8.97 Å². The maximum absolute atomic E-state index is 7.01. The number of hydrogen-bond donors (Lipinski definition) is 0. The van der Waals surface area contributed by atoms with E-state index in [1.54, 1.807) is 0 Å². The third-order valence-corrected chi connectivity index (χ3v) is 12.9. The molecule has 0 saturated carbocycles. The first kappa shape index (κ1) is 31.3. The fourth-order valence-electron chi connectivity index (χ4n) is 10.4. The summed E-state index contributed by atoms with van der Waals surface area (Å²) in [5.74, 6) is 2.52. The summed E-state index contributed by atoms with van der Waals surface area (Å²) in [7, 11) is 0. The molecule has 0 fully saturated rings. The Morgan fingerprint density at radius 3 is 1.64 bits per heavy atom. The Morgan fingerprint density at radius 1 is 0.373 bits per heavy atom. The second-order valence-corrected chi connectivity index (χ2v) is 16.0. The first-order chi connectivity index (χ1) is 29.3. The lowest BCUT2D eigenvalue weighted by molar-refractivity contribution is 0.479. The minimum absolute atomic E-state index is 0.332. The first-order valence-corrected chi connectivity index (χ1v) is 20.3. The first-order valence-electron chi connectivity index (χ1n) is 20.3. The molecule has 0 aliphatic carbocycles. The van der Waals surface area contributed by atoms with Crippen LogP contribution in [-0.2, 0) is 0 Å². The molecule has 9 aromatic carbocycles. The van der Waals surface area contributed by atoms with Crippen LogP contribution in [0.5, 0.6) is 17.2 Å². The van der Waals surface area contributed by atoms with Crippen molar-refractivity contribution in [3.05, 3.63) is 188 Å². The van der Waals surface area contributed by atoms with Gasteiger partial charge in [-0.3, -0.25) is 0 Å². The van der Waals surface area contributed by atoms with Crippen LogP contribution in [0.2, 0.25) is 0 Å². The molecule has 5 heteroatoms. The van der Waals surface area contributed by atoms with Gasteiger partial charge >= 0.3 is 6.92 Å². The van der Waals surface area contributed by atoms with Crippen molar-refractivity contribution < 1.29 is 9.39 Å². The summed E-state index contributed by atoms with van der Waals surface area (Å²) in [6, 6.07) is 68.0. The summed E-state index contributed by atoms with van der Waals surface area (Å²) in [4.78, 5) is 0. The zero-order valence-corrected chi connectivity index (χ0v) is 31.7. The summed E-state index contributed by atoms with van der Waals surface area (Å²) in [6.45, 7) is -0.332. The molecule has 272 valence electrons. The van der Waals surface area contributed by atoms with Crippen molar-refractivity contribution in [2.24, 2.45) is 0 Å². The Hall–Kier alpha value is -7.76. The summed E-state index contributed by atoms with van der Waals surface area (Å²) >= 11 is 0. The zero-order chi connectivity index (χ0) is 38.3. The number of aromatic nitrogens is 2. The van der Waals surface area contributed by atoms with E-state index in [9.17, 15) is 0 Å². The predicted octanol–water partition coefficient (Wildman–Crippen LogP) is 12.5. The molecule has 0 spiro atoms. The summed E-state index contributed by atoms with van der Waals surface area (Å²) in [6.07, 6.45) is 0. The molecule has 0 radical (unpaired) electrons. The quantitative estimate of drug-likeness (QED) is 0.168. The van der Waals surface area contributed by atoms with Crippen molar-refractivity contribution in [1.29, 1.82) is 0 Å². The molecule has 14 rings (SSSR count). The number of nitrogens with zero attached hydrogens (tertiary/aromatic N) is 2. The molecule has 0 amide bonds. The van der Waals surface area contributed by atoms with Gasteiger partial charge in [-0.25, -0.2) is 0 Å². The molecule has 0 atom stereocenters. The van der Waals surface area contributed by atoms with Crippen LogP contribution >= 0.6 is 0 Å². The SMILES string of the molecule is c1ccc2c(c1)OB1c3cc(-c4cc5c6ccccc6n6c7ccccc7c(c4)c56)ccc3Oc3cc(-c4ccccc4-n4c5ccccc5c5ccccc54)cc-2c31. The second-order valence-electron chi connectivity index (χ2n) is 16.0. The van der Waals surface area contributed by atoms with Gasteiger partial charge in [-0.1, -0.05) is 121 Å². The van der Waals surface area contributed by atoms with Crippen LogP contribution in [0, 0.1) is 0 Å². The zero-order valence-electron chi connectivity index (χ0n) is 31.7. The number of para-hydroxylation sites is 6. The molecule has 2 aliphatic heterocycles. The van der Waals surface area contributed by atoms with E-state index in [0.717, 1.165) is 61.7 Å². The predicted molar refractivity (Wildman–Crippen MR) is 244 cm³/mol. The van der Waals surface area contributed by atoms with E-state index >= 15 is 0 Å². The molecular formula is C54H31BN2O2. The molecule has 0 N–H and O–H groups in total. The van der Waals surface area contributed by atoms with Crippen molar-refractivity contribution >= 4 is 77.7 Å². The lowest BCUT2D eigenvalue weighted by Gasteiger charge is -2.33. The Morgan fingerprint density at radius 2 is 0.949 bits per heavy atom. The molecule has 0 bridgehead atoms. The summed E-state index contributed by atoms with van der Waals surface area (Å²) in [5.41, 5.74) is 16.1. The highest BCUT2D eigenvalue weighted by Crippen LogP contribution is 2.45. The normalized spacial score (nSPS) is 13.0. The minimum Gasteiger partial charge on any atom is -0.551 e. The average Bonchev–Trinajstić information content (AvgIpc) is 3.94. The van der Waals surface area contributed by atoms with E-state index in [1.807, 2.05) is 0 Å². The van der Waals surface area contributed by atoms with Gasteiger partial charge in [-0.05, 0) is 89.0 Å². The van der Waals surface area contributed by atoms with Gasteiger partial charge in [0.05, 0.1) is 33.3 Å². The molecule has 3 aromatic heterocycles. The van der Waals surface area contributed by atoms with Crippen molar-refractivity contribution in [2.75, 3.05) is 0 Å². The van der Waals surface area contributed by atoms with Crippen LogP contribution in [0.15, 0.2) is 188 Å². The van der Waals surface area contributed by atoms with Crippen molar-refractivity contribution in [3.8, 4) is 56.3 Å². The highest BCUT2D eigenvalue weighted by atomic mass is 16.5. The average molecular weight is 751 g/mol. The van der Waals surface area contributed by atoms with E-state index in [-0.39, 0.29) is 6.92 Å². The number of hydrogen-bond acceptors (Lipinski definition) is 2. The third-order valence-electron chi connectivity index (χ3n) is 12.9. The van der Waals surface area contributed by atoms with E-state index in [1.165, 1.54) is 65.5 Å². The third kappa shape index (κ3) is 4.18. The van der Waals surface area contributed by atoms with Crippen molar-refractivity contribution in [3.63, 3.8) is 0 Å². The van der Waals surface area contributed by atoms with Crippen LogP contribution in [0.3, 0.4) is 0 Å². The van der Waals surface area contributed by atoms with Gasteiger partial charge in [-0.15, -0.1) is 0 Å². The highest BCUT2D eigenvalue weighted by molar-refractivity contribution is 6.84. The van der Waals surface area contributed by atoms with Crippen LogP contribution in [0.4, 0.5) is 0 Å². The fourth-order valence-corrected chi connectivity index (χ4v) is 10.4. The Kier molecular flexibility index (Phi) is 6.07. The Balaban J connectivity index is 0.958. The lowest BCUT2D eigenvalue weighted by Crippen LogP contribution is -2.53. The molecular weight excluding hydrogens is 719 g/mol. The fraction of sp³-hybridized carbons (Fsp3) is 0. The van der Waals surface area contributed by atoms with E-state index in [2.05, 4.69) is 197 Å². The van der Waals surface area contributed by atoms with E-state index in [4.69, 9.17) is 9.39 Å². The summed E-state index contributed by atoms with van der Waals surface area (Å²) in [5, 5.41) is 7.55. The Bertz CT molecular complexity index is 3630. The van der Waals surface area contributed by atoms with Crippen LogP contribution in [-0.4, -0.2) is 15.9 Å². The van der Waals surface area contributed by atoms with E-state index in [0.29, 0.717) is 0 Å². The van der Waals surface area contributed by atoms with Gasteiger partial charge in [0.1, 0.15) is 17.2 Å². The number of fused-ring (bicyclic) bond motifs is 13. The van der Waals surface area contributed by atoms with Gasteiger partial charge < -0.3 is 18.4 Å². The van der Waals surface area contributed by atoms with Crippen LogP contribution in [0.25, 0.3) is 99.0 Å². The lowest BCUT2D eigenvalue weighted by atomic mass is 9.50. The van der Waals surface area contributed by atoms with Gasteiger partial charge in [0.25, 0.3) is 0 Å². The standard InChI is InChI=1S/C54H31BN2O2/c1-7-19-45(56-46-20-8-2-14-36(46)37-15-3-9-21-47(37)56)35(13-1)34-29-41-40-18-6-12-24-50(40)59-55-44-30-32(25-26-51(44)58-52(31-34)53(41)55)33-27-42-38-16-4-10-22-48(38)57-49-23-11-5-17-39(49)43(28-33)54(42)57/h1-31H. The van der Waals surface area contributed by atoms with Crippen LogP contribution in [0.1, 0.15) is 0 Å². The summed E-state index contributed by atoms with van der Waals surface area (Å²) < 4.78 is 18.8. The monoisotopic (exact) mass is 750 g/mol.